The molecule has 0 radical (unpaired) electrons. The van der Waals surface area contributed by atoms with Gasteiger partial charge in [-0.25, -0.2) is 4.79 Å². The van der Waals surface area contributed by atoms with Gasteiger partial charge in [0.05, 0.1) is 17.7 Å². The van der Waals surface area contributed by atoms with Gasteiger partial charge in [-0.05, 0) is 24.3 Å². The molecule has 0 unspecified atom stereocenters. The third-order valence-electron chi connectivity index (χ3n) is 3.88. The van der Waals surface area contributed by atoms with E-state index in [0.29, 0.717) is 5.69 Å². The quantitative estimate of drug-likeness (QED) is 0.694. The van der Waals surface area contributed by atoms with Crippen LogP contribution in [0, 0.1) is 0 Å². The van der Waals surface area contributed by atoms with Gasteiger partial charge in [-0.1, -0.05) is 30.3 Å². The molecule has 28 heavy (non-hydrogen) atoms. The second-order valence-electron chi connectivity index (χ2n) is 5.77. The number of rotatable bonds is 7. The molecular formula is C20H21N3O5. The van der Waals surface area contributed by atoms with Crippen molar-refractivity contribution in [1.29, 1.82) is 0 Å². The molecule has 0 aromatic heterocycles. The van der Waals surface area contributed by atoms with E-state index in [1.165, 1.54) is 24.1 Å². The Bertz CT molecular complexity index is 867. The molecule has 0 saturated heterocycles. The molecular weight excluding hydrogens is 362 g/mol. The lowest BCUT2D eigenvalue weighted by Gasteiger charge is -2.18. The van der Waals surface area contributed by atoms with Crippen LogP contribution in [0.1, 0.15) is 20.7 Å². The number of carbonyl (C=O) groups is 4. The van der Waals surface area contributed by atoms with E-state index in [9.17, 15) is 19.2 Å². The van der Waals surface area contributed by atoms with Crippen molar-refractivity contribution in [1.82, 2.24) is 10.6 Å². The third-order valence-corrected chi connectivity index (χ3v) is 3.88. The monoisotopic (exact) mass is 383 g/mol. The third kappa shape index (κ3) is 5.41. The fraction of sp³-hybridized carbons (Fsp3) is 0.200. The molecule has 0 aliphatic carbocycles. The fourth-order valence-corrected chi connectivity index (χ4v) is 2.32. The second-order valence-corrected chi connectivity index (χ2v) is 5.77. The number of nitrogens with zero attached hydrogens (tertiary/aromatic N) is 1. The highest BCUT2D eigenvalue weighted by atomic mass is 16.5. The number of ether oxygens (including phenoxy) is 1. The van der Waals surface area contributed by atoms with Crippen molar-refractivity contribution in [2.45, 2.75) is 0 Å². The Morgan fingerprint density at radius 3 is 2.14 bits per heavy atom. The van der Waals surface area contributed by atoms with Crippen LogP contribution in [0.4, 0.5) is 5.69 Å². The summed E-state index contributed by atoms with van der Waals surface area (Å²) in [4.78, 5) is 49.4. The number of benzene rings is 2. The topological polar surface area (TPSA) is 105 Å². The van der Waals surface area contributed by atoms with E-state index in [1.807, 2.05) is 6.07 Å². The number of amides is 3. The maximum Gasteiger partial charge on any atom is 0.339 e. The Morgan fingerprint density at radius 1 is 0.893 bits per heavy atom. The zero-order valence-electron chi connectivity index (χ0n) is 15.6. The SMILES string of the molecule is CNC(=O)CNC(=O)COC(=O)c1ccccc1C(=O)N(C)c1ccccc1. The van der Waals surface area contributed by atoms with Crippen molar-refractivity contribution in [2.24, 2.45) is 0 Å². The van der Waals surface area contributed by atoms with Crippen LogP contribution < -0.4 is 15.5 Å². The van der Waals surface area contributed by atoms with Crippen LogP contribution >= 0.6 is 0 Å². The summed E-state index contributed by atoms with van der Waals surface area (Å²) in [6, 6.07) is 15.2. The van der Waals surface area contributed by atoms with Crippen LogP contribution in [0.25, 0.3) is 0 Å². The Kier molecular flexibility index (Phi) is 7.27. The van der Waals surface area contributed by atoms with Gasteiger partial charge in [-0.15, -0.1) is 0 Å². The van der Waals surface area contributed by atoms with E-state index in [0.717, 1.165) is 0 Å². The largest absolute Gasteiger partial charge is 0.452 e. The van der Waals surface area contributed by atoms with Crippen LogP contribution in [0.3, 0.4) is 0 Å². The van der Waals surface area contributed by atoms with Gasteiger partial charge in [-0.2, -0.15) is 0 Å². The van der Waals surface area contributed by atoms with Crippen LogP contribution in [0.2, 0.25) is 0 Å². The molecule has 0 fully saturated rings. The van der Waals surface area contributed by atoms with E-state index in [-0.39, 0.29) is 29.5 Å². The molecule has 0 bridgehead atoms. The highest BCUT2D eigenvalue weighted by molar-refractivity contribution is 6.12. The molecule has 2 aromatic rings. The highest BCUT2D eigenvalue weighted by Crippen LogP contribution is 2.18. The van der Waals surface area contributed by atoms with Crippen LogP contribution in [-0.4, -0.2) is 50.9 Å². The van der Waals surface area contributed by atoms with Crippen molar-refractivity contribution >= 4 is 29.4 Å². The summed E-state index contributed by atoms with van der Waals surface area (Å²) >= 11 is 0. The first-order valence-corrected chi connectivity index (χ1v) is 8.50. The van der Waals surface area contributed by atoms with Gasteiger partial charge in [0, 0.05) is 19.8 Å². The van der Waals surface area contributed by atoms with E-state index in [2.05, 4.69) is 10.6 Å². The van der Waals surface area contributed by atoms with Gasteiger partial charge in [0.2, 0.25) is 5.91 Å². The first kappa shape index (κ1) is 20.6. The number of hydrogen-bond donors (Lipinski definition) is 2. The highest BCUT2D eigenvalue weighted by Gasteiger charge is 2.22. The lowest BCUT2D eigenvalue weighted by atomic mass is 10.1. The molecule has 0 saturated carbocycles. The number of hydrogen-bond acceptors (Lipinski definition) is 5. The van der Waals surface area contributed by atoms with E-state index >= 15 is 0 Å². The Balaban J connectivity index is 2.06. The van der Waals surface area contributed by atoms with Gasteiger partial charge < -0.3 is 20.3 Å². The molecule has 2 aromatic carbocycles. The Labute approximate surface area is 162 Å². The molecule has 0 aliphatic heterocycles. The van der Waals surface area contributed by atoms with Crippen molar-refractivity contribution in [3.8, 4) is 0 Å². The van der Waals surface area contributed by atoms with Crippen molar-refractivity contribution < 1.29 is 23.9 Å². The molecule has 0 aliphatic rings. The Morgan fingerprint density at radius 2 is 1.50 bits per heavy atom. The molecule has 0 atom stereocenters. The number of esters is 1. The first-order chi connectivity index (χ1) is 13.4. The Hall–Kier alpha value is -3.68. The summed E-state index contributed by atoms with van der Waals surface area (Å²) < 4.78 is 4.98. The second kappa shape index (κ2) is 9.86. The number of para-hydroxylation sites is 1. The molecule has 2 N–H and O–H groups in total. The van der Waals surface area contributed by atoms with Gasteiger partial charge in [0.15, 0.2) is 6.61 Å². The molecule has 146 valence electrons. The maximum absolute atomic E-state index is 12.8. The molecule has 0 heterocycles. The molecule has 3 amide bonds. The first-order valence-electron chi connectivity index (χ1n) is 8.50. The summed E-state index contributed by atoms with van der Waals surface area (Å²) in [6.07, 6.45) is 0. The summed E-state index contributed by atoms with van der Waals surface area (Å²) in [7, 11) is 3.04. The predicted molar refractivity (Wildman–Crippen MR) is 103 cm³/mol. The summed E-state index contributed by atoms with van der Waals surface area (Å²) in [5.74, 6) is -2.19. The van der Waals surface area contributed by atoms with Gasteiger partial charge in [0.1, 0.15) is 0 Å². The van der Waals surface area contributed by atoms with Gasteiger partial charge in [-0.3, -0.25) is 14.4 Å². The van der Waals surface area contributed by atoms with E-state index in [4.69, 9.17) is 4.74 Å². The summed E-state index contributed by atoms with van der Waals surface area (Å²) in [5, 5.41) is 4.67. The van der Waals surface area contributed by atoms with E-state index < -0.39 is 18.5 Å². The van der Waals surface area contributed by atoms with Crippen LogP contribution in [0.15, 0.2) is 54.6 Å². The normalized spacial score (nSPS) is 9.93. The average molecular weight is 383 g/mol. The smallest absolute Gasteiger partial charge is 0.339 e. The van der Waals surface area contributed by atoms with Crippen LogP contribution in [-0.2, 0) is 14.3 Å². The van der Waals surface area contributed by atoms with Crippen molar-refractivity contribution in [3.05, 3.63) is 65.7 Å². The van der Waals surface area contributed by atoms with Gasteiger partial charge >= 0.3 is 5.97 Å². The minimum Gasteiger partial charge on any atom is -0.452 e. The van der Waals surface area contributed by atoms with E-state index in [1.54, 1.807) is 43.4 Å². The summed E-state index contributed by atoms with van der Waals surface area (Å²) in [6.45, 7) is -0.781. The molecule has 2 rings (SSSR count). The summed E-state index contributed by atoms with van der Waals surface area (Å²) in [5.41, 5.74) is 0.878. The molecule has 8 heteroatoms. The van der Waals surface area contributed by atoms with Crippen molar-refractivity contribution in [2.75, 3.05) is 32.1 Å². The van der Waals surface area contributed by atoms with Crippen LogP contribution in [0.5, 0.6) is 0 Å². The number of carbonyl (C=O) groups excluding carboxylic acids is 4. The van der Waals surface area contributed by atoms with Gasteiger partial charge in [0.25, 0.3) is 11.8 Å². The minimum absolute atomic E-state index is 0.0504. The zero-order valence-corrected chi connectivity index (χ0v) is 15.6. The predicted octanol–water partition coefficient (Wildman–Crippen LogP) is 0.982. The maximum atomic E-state index is 12.8. The molecule has 8 nitrogen and oxygen atoms in total. The minimum atomic E-state index is -0.805. The number of anilines is 1. The number of likely N-dealkylation sites (N-methyl/N-ethyl adjacent to an activating group) is 1. The lowest BCUT2D eigenvalue weighted by molar-refractivity contribution is -0.127. The zero-order chi connectivity index (χ0) is 20.5. The standard InChI is InChI=1S/C20H21N3O5/c1-21-17(24)12-22-18(25)13-28-20(27)16-11-7-6-10-15(16)19(26)23(2)14-8-4-3-5-9-14/h3-11H,12-13H2,1-2H3,(H,21,24)(H,22,25). The van der Waals surface area contributed by atoms with Crippen molar-refractivity contribution in [3.63, 3.8) is 0 Å². The fourth-order valence-electron chi connectivity index (χ4n) is 2.32. The average Bonchev–Trinajstić information content (AvgIpc) is 2.75. The lowest BCUT2D eigenvalue weighted by Crippen LogP contribution is -2.37. The number of nitrogens with one attached hydrogen (secondary N) is 2. The molecule has 0 spiro atoms.